The number of halogens is 3. The fourth-order valence-corrected chi connectivity index (χ4v) is 3.15. The molecular formula is C17H10Cl2FNO3S. The molecule has 0 saturated carbocycles. The zero-order chi connectivity index (χ0) is 18.1. The molecule has 0 spiro atoms. The van der Waals surface area contributed by atoms with E-state index in [-0.39, 0.29) is 34.4 Å². The molecule has 128 valence electrons. The summed E-state index contributed by atoms with van der Waals surface area (Å²) in [6.45, 7) is 1.52. The van der Waals surface area contributed by atoms with Crippen molar-refractivity contribution in [2.24, 2.45) is 4.36 Å². The lowest BCUT2D eigenvalue weighted by atomic mass is 9.94. The van der Waals surface area contributed by atoms with Gasteiger partial charge in [0.15, 0.2) is 5.82 Å². The van der Waals surface area contributed by atoms with Crippen molar-refractivity contribution in [2.45, 2.75) is 6.92 Å². The highest BCUT2D eigenvalue weighted by Gasteiger charge is 2.30. The molecule has 0 aromatic heterocycles. The highest BCUT2D eigenvalue weighted by molar-refractivity contribution is 7.54. The first-order valence-electron chi connectivity index (χ1n) is 7.09. The molecule has 1 aliphatic heterocycles. The molecule has 2 aromatic carbocycles. The van der Waals surface area contributed by atoms with Crippen LogP contribution < -0.4 is 0 Å². The van der Waals surface area contributed by atoms with Crippen LogP contribution in [-0.2, 0) is 21.0 Å². The fourth-order valence-electron chi connectivity index (χ4n) is 2.60. The number of cyclic esters (lactones) is 1. The number of carbonyl (C=O) groups is 1. The molecule has 0 amide bonds. The van der Waals surface area contributed by atoms with Crippen LogP contribution in [0, 0.1) is 12.7 Å². The highest BCUT2D eigenvalue weighted by atomic mass is 35.5. The van der Waals surface area contributed by atoms with Gasteiger partial charge in [-0.1, -0.05) is 41.4 Å². The number of hydrogen-bond donors (Lipinski definition) is 0. The van der Waals surface area contributed by atoms with Gasteiger partial charge in [0.2, 0.25) is 11.5 Å². The first-order chi connectivity index (χ1) is 11.9. The van der Waals surface area contributed by atoms with Crippen molar-refractivity contribution in [1.29, 1.82) is 0 Å². The third kappa shape index (κ3) is 3.25. The van der Waals surface area contributed by atoms with Crippen molar-refractivity contribution < 1.29 is 18.1 Å². The van der Waals surface area contributed by atoms with E-state index in [2.05, 4.69) is 4.36 Å². The van der Waals surface area contributed by atoms with Gasteiger partial charge < -0.3 is 4.74 Å². The van der Waals surface area contributed by atoms with Crippen LogP contribution in [0.15, 0.2) is 34.7 Å². The van der Waals surface area contributed by atoms with Gasteiger partial charge in [0.25, 0.3) is 0 Å². The van der Waals surface area contributed by atoms with E-state index in [1.807, 2.05) is 0 Å². The number of hydrogen-bond acceptors (Lipinski definition) is 4. The molecule has 2 aromatic rings. The van der Waals surface area contributed by atoms with E-state index in [0.717, 1.165) is 0 Å². The molecule has 0 saturated heterocycles. The van der Waals surface area contributed by atoms with E-state index in [0.29, 0.717) is 27.3 Å². The number of nitrogens with zero attached hydrogens (tertiary/aromatic N) is 1. The average Bonchev–Trinajstić information content (AvgIpc) is 2.96. The summed E-state index contributed by atoms with van der Waals surface area (Å²) in [4.78, 5) is 12.2. The van der Waals surface area contributed by atoms with Crippen molar-refractivity contribution >= 4 is 57.5 Å². The predicted molar refractivity (Wildman–Crippen MR) is 95.6 cm³/mol. The first-order valence-corrected chi connectivity index (χ1v) is 8.54. The Morgan fingerprint density at radius 1 is 1.20 bits per heavy atom. The molecule has 1 aliphatic rings. The molecule has 0 radical (unpaired) electrons. The Labute approximate surface area is 156 Å². The lowest BCUT2D eigenvalue weighted by Gasteiger charge is -2.10. The molecule has 8 heteroatoms. The first kappa shape index (κ1) is 17.8. The average molecular weight is 398 g/mol. The minimum atomic E-state index is -0.610. The number of esters is 1. The summed E-state index contributed by atoms with van der Waals surface area (Å²) in [7, 11) is 0. The van der Waals surface area contributed by atoms with Crippen LogP contribution in [0.2, 0.25) is 10.0 Å². The predicted octanol–water partition coefficient (Wildman–Crippen LogP) is 4.94. The van der Waals surface area contributed by atoms with E-state index in [1.54, 1.807) is 31.2 Å². The Bertz CT molecular complexity index is 984. The topological polar surface area (TPSA) is 55.7 Å². The summed E-state index contributed by atoms with van der Waals surface area (Å²) in [6.07, 6.45) is 0. The smallest absolute Gasteiger partial charge is 0.339 e. The maximum absolute atomic E-state index is 14.4. The zero-order valence-corrected chi connectivity index (χ0v) is 15.1. The minimum Gasteiger partial charge on any atom is -0.457 e. The largest absolute Gasteiger partial charge is 0.457 e. The third-order valence-corrected chi connectivity index (χ3v) is 4.82. The third-order valence-electron chi connectivity index (χ3n) is 3.82. The lowest BCUT2D eigenvalue weighted by Crippen LogP contribution is -1.98. The summed E-state index contributed by atoms with van der Waals surface area (Å²) >= 11 is 11.8. The van der Waals surface area contributed by atoms with Crippen LogP contribution in [0.4, 0.5) is 10.1 Å². The van der Waals surface area contributed by atoms with Crippen molar-refractivity contribution in [3.05, 3.63) is 62.9 Å². The molecule has 4 nitrogen and oxygen atoms in total. The number of benzene rings is 2. The van der Waals surface area contributed by atoms with Crippen molar-refractivity contribution in [1.82, 2.24) is 0 Å². The van der Waals surface area contributed by atoms with Crippen LogP contribution in [0.5, 0.6) is 0 Å². The summed E-state index contributed by atoms with van der Waals surface area (Å²) in [5.41, 5.74) is 1.75. The van der Waals surface area contributed by atoms with Gasteiger partial charge in [-0.05, 0) is 30.2 Å². The molecule has 0 N–H and O–H groups in total. The molecule has 0 bridgehead atoms. The standard InChI is InChI=1S/C17H10Cl2FNO3S/c1-8-2-4-10(16(15(8)20)21-25-23)11-7-24-17(22)14(11)9-3-5-12(18)13(19)6-9/h2-6H,7H2,1H3. The summed E-state index contributed by atoms with van der Waals surface area (Å²) in [6, 6.07) is 7.89. The quantitative estimate of drug-likeness (QED) is 0.689. The Hall–Kier alpha value is -2.02. The Balaban J connectivity index is 2.28. The molecule has 0 fully saturated rings. The van der Waals surface area contributed by atoms with Gasteiger partial charge in [0.1, 0.15) is 12.3 Å². The number of carbonyl (C=O) groups excluding carboxylic acids is 1. The van der Waals surface area contributed by atoms with Crippen LogP contribution in [0.25, 0.3) is 11.1 Å². The minimum absolute atomic E-state index is 0.0526. The maximum Gasteiger partial charge on any atom is 0.339 e. The summed E-state index contributed by atoms with van der Waals surface area (Å²) in [5.74, 6) is -1.17. The SMILES string of the molecule is Cc1ccc(C2=C(c3ccc(Cl)c(Cl)c3)C(=O)OC2)c(N=S=O)c1F. The van der Waals surface area contributed by atoms with E-state index >= 15 is 0 Å². The van der Waals surface area contributed by atoms with Crippen LogP contribution >= 0.6 is 23.2 Å². The molecule has 0 unspecified atom stereocenters. The van der Waals surface area contributed by atoms with Crippen LogP contribution in [-0.4, -0.2) is 16.8 Å². The second-order valence-electron chi connectivity index (χ2n) is 5.32. The second kappa shape index (κ2) is 7.07. The van der Waals surface area contributed by atoms with Gasteiger partial charge >= 0.3 is 5.97 Å². The molecule has 0 aliphatic carbocycles. The Morgan fingerprint density at radius 3 is 2.64 bits per heavy atom. The van der Waals surface area contributed by atoms with E-state index < -0.39 is 11.8 Å². The van der Waals surface area contributed by atoms with E-state index in [4.69, 9.17) is 27.9 Å². The molecular weight excluding hydrogens is 388 g/mol. The molecule has 3 rings (SSSR count). The monoisotopic (exact) mass is 397 g/mol. The van der Waals surface area contributed by atoms with E-state index in [1.165, 1.54) is 6.07 Å². The number of aryl methyl sites for hydroxylation is 1. The summed E-state index contributed by atoms with van der Waals surface area (Å²) in [5, 5.41) is 0.625. The van der Waals surface area contributed by atoms with Gasteiger partial charge in [0.05, 0.1) is 15.6 Å². The summed E-state index contributed by atoms with van der Waals surface area (Å²) < 4.78 is 34.0. The highest BCUT2D eigenvalue weighted by Crippen LogP contribution is 2.40. The van der Waals surface area contributed by atoms with Gasteiger partial charge in [-0.15, -0.1) is 0 Å². The van der Waals surface area contributed by atoms with Crippen LogP contribution in [0.1, 0.15) is 16.7 Å². The van der Waals surface area contributed by atoms with Gasteiger partial charge in [0, 0.05) is 11.1 Å². The number of ether oxygens (including phenoxy) is 1. The zero-order valence-electron chi connectivity index (χ0n) is 12.8. The van der Waals surface area contributed by atoms with Gasteiger partial charge in [-0.25, -0.2) is 9.18 Å². The van der Waals surface area contributed by atoms with Crippen molar-refractivity contribution in [3.63, 3.8) is 0 Å². The Morgan fingerprint density at radius 2 is 1.96 bits per heavy atom. The van der Waals surface area contributed by atoms with Crippen LogP contribution in [0.3, 0.4) is 0 Å². The van der Waals surface area contributed by atoms with Gasteiger partial charge in [-0.2, -0.15) is 8.57 Å². The number of rotatable bonds is 3. The van der Waals surface area contributed by atoms with Crippen molar-refractivity contribution in [2.75, 3.05) is 6.61 Å². The van der Waals surface area contributed by atoms with E-state index in [9.17, 15) is 13.4 Å². The van der Waals surface area contributed by atoms with Gasteiger partial charge in [-0.3, -0.25) is 0 Å². The fraction of sp³-hybridized carbons (Fsp3) is 0.118. The normalized spacial score (nSPS) is 13.8. The maximum atomic E-state index is 14.4. The molecule has 0 atom stereocenters. The molecule has 25 heavy (non-hydrogen) atoms. The Kier molecular flexibility index (Phi) is 5.03. The lowest BCUT2D eigenvalue weighted by molar-refractivity contribution is -0.133. The molecule has 1 heterocycles. The second-order valence-corrected chi connectivity index (χ2v) is 6.46. The van der Waals surface area contributed by atoms with Crippen molar-refractivity contribution in [3.8, 4) is 0 Å².